The molecule has 2 aromatic heterocycles. The topological polar surface area (TPSA) is 84.7 Å². The van der Waals surface area contributed by atoms with Crippen LogP contribution in [0.25, 0.3) is 16.9 Å². The van der Waals surface area contributed by atoms with Gasteiger partial charge in [0, 0.05) is 46.1 Å². The summed E-state index contributed by atoms with van der Waals surface area (Å²) in [6.07, 6.45) is 7.27. The average molecular weight is 403 g/mol. The zero-order valence-electron chi connectivity index (χ0n) is 15.1. The third-order valence-electron chi connectivity index (χ3n) is 4.65. The average Bonchev–Trinajstić information content (AvgIpc) is 3.20. The van der Waals surface area contributed by atoms with E-state index < -0.39 is 0 Å². The molecule has 5 rings (SSSR count). The highest BCUT2D eigenvalue weighted by atomic mass is 35.5. The lowest BCUT2D eigenvalue weighted by Crippen LogP contribution is -2.12. The van der Waals surface area contributed by atoms with Crippen molar-refractivity contribution in [2.75, 3.05) is 10.6 Å². The number of imidazole rings is 1. The zero-order chi connectivity index (χ0) is 19.8. The van der Waals surface area contributed by atoms with Gasteiger partial charge in [0.2, 0.25) is 11.9 Å². The molecule has 1 aliphatic rings. The van der Waals surface area contributed by atoms with Crippen molar-refractivity contribution < 1.29 is 4.79 Å². The van der Waals surface area contributed by atoms with E-state index in [2.05, 4.69) is 25.6 Å². The highest BCUT2D eigenvalue weighted by molar-refractivity contribution is 6.31. The fourth-order valence-electron chi connectivity index (χ4n) is 3.28. The molecule has 0 atom stereocenters. The van der Waals surface area contributed by atoms with Crippen LogP contribution in [0.4, 0.5) is 17.3 Å². The minimum absolute atomic E-state index is 0.119. The maximum absolute atomic E-state index is 12.2. The quantitative estimate of drug-likeness (QED) is 0.536. The Labute approximate surface area is 171 Å². The van der Waals surface area contributed by atoms with Crippen molar-refractivity contribution in [1.82, 2.24) is 19.5 Å². The minimum Gasteiger partial charge on any atom is -0.325 e. The lowest BCUT2D eigenvalue weighted by atomic mass is 10.1. The van der Waals surface area contributed by atoms with Crippen LogP contribution in [-0.2, 0) is 11.2 Å². The van der Waals surface area contributed by atoms with Gasteiger partial charge in [-0.15, -0.1) is 0 Å². The molecule has 0 saturated heterocycles. The number of amides is 1. The summed E-state index contributed by atoms with van der Waals surface area (Å²) in [5.41, 5.74) is 4.80. The number of anilines is 3. The number of rotatable bonds is 3. The number of carbonyl (C=O) groups excluding carboxylic acids is 1. The van der Waals surface area contributed by atoms with E-state index in [1.54, 1.807) is 30.9 Å². The second-order valence-corrected chi connectivity index (χ2v) is 7.06. The second kappa shape index (κ2) is 7.03. The van der Waals surface area contributed by atoms with Crippen molar-refractivity contribution in [3.8, 4) is 16.9 Å². The van der Waals surface area contributed by atoms with Crippen molar-refractivity contribution in [3.05, 3.63) is 78.0 Å². The van der Waals surface area contributed by atoms with Crippen LogP contribution in [0.2, 0.25) is 5.02 Å². The first kappa shape index (κ1) is 17.4. The zero-order valence-corrected chi connectivity index (χ0v) is 15.9. The molecule has 29 heavy (non-hydrogen) atoms. The highest BCUT2D eigenvalue weighted by Crippen LogP contribution is 2.34. The Kier molecular flexibility index (Phi) is 4.22. The number of fused-ring (bicyclic) bond motifs is 3. The fraction of sp³-hybridized carbons (Fsp3) is 0.0476. The molecule has 142 valence electrons. The Bertz CT molecular complexity index is 1200. The van der Waals surface area contributed by atoms with Crippen molar-refractivity contribution in [2.24, 2.45) is 0 Å². The molecule has 0 saturated carbocycles. The summed E-state index contributed by atoms with van der Waals surface area (Å²) in [5, 5.41) is 6.66. The summed E-state index contributed by atoms with van der Waals surface area (Å²) in [4.78, 5) is 25.3. The first-order chi connectivity index (χ1) is 14.2. The summed E-state index contributed by atoms with van der Waals surface area (Å²) in [5.74, 6) is 0.334. The van der Waals surface area contributed by atoms with Crippen LogP contribution in [0.15, 0.2) is 67.4 Å². The van der Waals surface area contributed by atoms with E-state index in [0.29, 0.717) is 22.4 Å². The molecule has 4 aromatic rings. The smallest absolute Gasteiger partial charge is 0.228 e. The number of nitrogens with one attached hydrogen (secondary N) is 2. The molecule has 2 N–H and O–H groups in total. The first-order valence-electron chi connectivity index (χ1n) is 8.97. The van der Waals surface area contributed by atoms with E-state index in [1.165, 1.54) is 0 Å². The molecular weight excluding hydrogens is 388 g/mol. The number of nitrogens with zero attached hydrogens (tertiary/aromatic N) is 4. The number of carbonyl (C=O) groups is 1. The van der Waals surface area contributed by atoms with E-state index >= 15 is 0 Å². The van der Waals surface area contributed by atoms with Crippen LogP contribution in [0.1, 0.15) is 5.56 Å². The molecule has 0 bridgehead atoms. The molecule has 2 aromatic carbocycles. The van der Waals surface area contributed by atoms with Gasteiger partial charge in [0.25, 0.3) is 0 Å². The molecule has 0 spiro atoms. The lowest BCUT2D eigenvalue weighted by Gasteiger charge is -2.11. The van der Waals surface area contributed by atoms with E-state index in [9.17, 15) is 4.79 Å². The van der Waals surface area contributed by atoms with Crippen molar-refractivity contribution in [1.29, 1.82) is 0 Å². The minimum atomic E-state index is -0.119. The molecule has 0 aliphatic carbocycles. The highest BCUT2D eigenvalue weighted by Gasteiger charge is 2.21. The normalized spacial score (nSPS) is 12.5. The Balaban J connectivity index is 1.48. The van der Waals surface area contributed by atoms with Crippen LogP contribution >= 0.6 is 11.6 Å². The van der Waals surface area contributed by atoms with Gasteiger partial charge < -0.3 is 15.2 Å². The number of hydrogen-bond donors (Lipinski definition) is 2. The van der Waals surface area contributed by atoms with Gasteiger partial charge in [0.05, 0.1) is 24.1 Å². The first-order valence-corrected chi connectivity index (χ1v) is 9.35. The van der Waals surface area contributed by atoms with Crippen LogP contribution in [0.3, 0.4) is 0 Å². The molecule has 1 amide bonds. The predicted octanol–water partition coefficient (Wildman–Crippen LogP) is 4.22. The predicted molar refractivity (Wildman–Crippen MR) is 112 cm³/mol. The molecule has 0 fully saturated rings. The second-order valence-electron chi connectivity index (χ2n) is 6.62. The fourth-order valence-corrected chi connectivity index (χ4v) is 3.45. The Morgan fingerprint density at radius 3 is 2.79 bits per heavy atom. The van der Waals surface area contributed by atoms with Gasteiger partial charge in [-0.2, -0.15) is 0 Å². The van der Waals surface area contributed by atoms with Gasteiger partial charge in [-0.1, -0.05) is 11.6 Å². The molecular formula is C21H15ClN6O. The Hall–Kier alpha value is -3.71. The maximum Gasteiger partial charge on any atom is 0.228 e. The van der Waals surface area contributed by atoms with Gasteiger partial charge in [0.15, 0.2) is 0 Å². The van der Waals surface area contributed by atoms with E-state index in [1.807, 2.05) is 41.1 Å². The number of benzene rings is 2. The van der Waals surface area contributed by atoms with Gasteiger partial charge in [-0.05, 0) is 42.5 Å². The SMILES string of the molecule is O=C1Cc2cnc(Nc3ccc(-n4ccnc4)cc3)nc2-c2ccc(Cl)cc2N1. The van der Waals surface area contributed by atoms with E-state index in [4.69, 9.17) is 11.6 Å². The molecule has 8 heteroatoms. The molecule has 7 nitrogen and oxygen atoms in total. The van der Waals surface area contributed by atoms with Crippen LogP contribution in [-0.4, -0.2) is 25.4 Å². The van der Waals surface area contributed by atoms with Gasteiger partial charge in [-0.25, -0.2) is 15.0 Å². The van der Waals surface area contributed by atoms with Crippen molar-refractivity contribution >= 4 is 34.8 Å². The standard InChI is InChI=1S/C21H15ClN6O/c22-14-1-6-17-18(10-14)26-19(29)9-13-11-24-21(27-20(13)17)25-15-2-4-16(5-3-15)28-8-7-23-12-28/h1-8,10-12H,9H2,(H,26,29)(H,24,25,27). The van der Waals surface area contributed by atoms with Crippen molar-refractivity contribution in [3.63, 3.8) is 0 Å². The van der Waals surface area contributed by atoms with Crippen LogP contribution in [0.5, 0.6) is 0 Å². The molecule has 0 radical (unpaired) electrons. The molecule has 3 heterocycles. The number of aromatic nitrogens is 4. The number of halogens is 1. The Morgan fingerprint density at radius 1 is 1.14 bits per heavy atom. The van der Waals surface area contributed by atoms with Gasteiger partial charge in [0.1, 0.15) is 0 Å². The summed E-state index contributed by atoms with van der Waals surface area (Å²) >= 11 is 6.09. The summed E-state index contributed by atoms with van der Waals surface area (Å²) in [6.45, 7) is 0. The number of hydrogen-bond acceptors (Lipinski definition) is 5. The van der Waals surface area contributed by atoms with Crippen molar-refractivity contribution in [2.45, 2.75) is 6.42 Å². The third kappa shape index (κ3) is 3.43. The third-order valence-corrected chi connectivity index (χ3v) is 4.89. The maximum atomic E-state index is 12.2. The monoisotopic (exact) mass is 402 g/mol. The van der Waals surface area contributed by atoms with Gasteiger partial charge >= 0.3 is 0 Å². The van der Waals surface area contributed by atoms with E-state index in [-0.39, 0.29) is 12.3 Å². The lowest BCUT2D eigenvalue weighted by molar-refractivity contribution is -0.115. The Morgan fingerprint density at radius 2 is 2.00 bits per heavy atom. The largest absolute Gasteiger partial charge is 0.325 e. The van der Waals surface area contributed by atoms with Crippen LogP contribution < -0.4 is 10.6 Å². The molecule has 1 aliphatic heterocycles. The van der Waals surface area contributed by atoms with E-state index in [0.717, 1.165) is 22.5 Å². The summed E-state index contributed by atoms with van der Waals surface area (Å²) in [6, 6.07) is 13.2. The summed E-state index contributed by atoms with van der Waals surface area (Å²) in [7, 11) is 0. The van der Waals surface area contributed by atoms with Gasteiger partial charge in [-0.3, -0.25) is 4.79 Å². The molecule has 0 unspecified atom stereocenters. The van der Waals surface area contributed by atoms with Crippen LogP contribution in [0, 0.1) is 0 Å². The summed E-state index contributed by atoms with van der Waals surface area (Å²) < 4.78 is 1.93.